The summed E-state index contributed by atoms with van der Waals surface area (Å²) in [5, 5.41) is 7.06. The summed E-state index contributed by atoms with van der Waals surface area (Å²) >= 11 is 0. The summed E-state index contributed by atoms with van der Waals surface area (Å²) < 4.78 is 20.6. The van der Waals surface area contributed by atoms with Gasteiger partial charge < -0.3 is 15.0 Å². The highest BCUT2D eigenvalue weighted by atomic mass is 19.1. The fourth-order valence-corrected chi connectivity index (χ4v) is 3.34. The Bertz CT molecular complexity index is 733. The molecule has 0 spiro atoms. The highest BCUT2D eigenvalue weighted by Gasteiger charge is 2.37. The summed E-state index contributed by atoms with van der Waals surface area (Å²) in [5.41, 5.74) is 1.80. The maximum Gasteiger partial charge on any atom is 0.318 e. The molecule has 0 bridgehead atoms. The summed E-state index contributed by atoms with van der Waals surface area (Å²) in [7, 11) is 3.55. The molecular weight excluding hydrogens is 323 g/mol. The van der Waals surface area contributed by atoms with Gasteiger partial charge in [-0.2, -0.15) is 5.10 Å². The predicted molar refractivity (Wildman–Crippen MR) is 91.5 cm³/mol. The number of carbonyl (C=O) groups excluding carboxylic acids is 1. The lowest BCUT2D eigenvalue weighted by Gasteiger charge is -2.27. The minimum Gasteiger partial charge on any atom is -0.379 e. The van der Waals surface area contributed by atoms with E-state index in [1.54, 1.807) is 28.8 Å². The second-order valence-corrected chi connectivity index (χ2v) is 6.34. The molecule has 2 aromatic rings. The van der Waals surface area contributed by atoms with Gasteiger partial charge in [0.1, 0.15) is 5.82 Å². The Balaban J connectivity index is 1.64. The van der Waals surface area contributed by atoms with Crippen LogP contribution in [0.3, 0.4) is 0 Å². The van der Waals surface area contributed by atoms with Gasteiger partial charge in [-0.15, -0.1) is 0 Å². The molecule has 2 atom stereocenters. The van der Waals surface area contributed by atoms with E-state index in [0.29, 0.717) is 19.5 Å². The van der Waals surface area contributed by atoms with E-state index in [1.807, 2.05) is 19.4 Å². The zero-order valence-corrected chi connectivity index (χ0v) is 14.5. The standard InChI is InChI=1S/C18H23FN4O2/c1-22-12-14(11-21-22)9-16-17(25-2)6-7-23(16)18(24)20-10-13-4-3-5-15(19)8-13/h3-5,8,11-12,16-17H,6-7,9-10H2,1-2H3,(H,20,24)/t16-,17+/m0/s1. The number of urea groups is 1. The quantitative estimate of drug-likeness (QED) is 0.902. The zero-order valence-electron chi connectivity index (χ0n) is 14.5. The number of likely N-dealkylation sites (tertiary alicyclic amines) is 1. The third-order valence-corrected chi connectivity index (χ3v) is 4.58. The van der Waals surface area contributed by atoms with Gasteiger partial charge in [-0.05, 0) is 36.1 Å². The van der Waals surface area contributed by atoms with Crippen molar-refractivity contribution in [2.24, 2.45) is 7.05 Å². The van der Waals surface area contributed by atoms with Crippen molar-refractivity contribution in [3.8, 4) is 0 Å². The molecule has 1 aliphatic heterocycles. The van der Waals surface area contributed by atoms with E-state index in [2.05, 4.69) is 10.4 Å². The first kappa shape index (κ1) is 17.4. The van der Waals surface area contributed by atoms with Gasteiger partial charge >= 0.3 is 6.03 Å². The lowest BCUT2D eigenvalue weighted by atomic mass is 10.0. The maximum absolute atomic E-state index is 13.2. The van der Waals surface area contributed by atoms with Gasteiger partial charge in [0.2, 0.25) is 0 Å². The third-order valence-electron chi connectivity index (χ3n) is 4.58. The van der Waals surface area contributed by atoms with Crippen LogP contribution in [0.25, 0.3) is 0 Å². The third kappa shape index (κ3) is 4.17. The molecule has 2 heterocycles. The van der Waals surface area contributed by atoms with Crippen molar-refractivity contribution in [1.82, 2.24) is 20.0 Å². The number of aryl methyl sites for hydroxylation is 1. The Kier molecular flexibility index (Phi) is 5.33. The SMILES string of the molecule is CO[C@@H]1CCN(C(=O)NCc2cccc(F)c2)[C@H]1Cc1cnn(C)c1. The zero-order chi connectivity index (χ0) is 17.8. The van der Waals surface area contributed by atoms with Crippen LogP contribution in [-0.4, -0.2) is 46.5 Å². The minimum absolute atomic E-state index is 0.000117. The average molecular weight is 346 g/mol. The Labute approximate surface area is 146 Å². The second kappa shape index (κ2) is 7.65. The largest absolute Gasteiger partial charge is 0.379 e. The molecule has 1 N–H and O–H groups in total. The molecule has 0 radical (unpaired) electrons. The van der Waals surface area contributed by atoms with E-state index in [9.17, 15) is 9.18 Å². The molecule has 1 saturated heterocycles. The van der Waals surface area contributed by atoms with Crippen LogP contribution in [0.4, 0.5) is 9.18 Å². The van der Waals surface area contributed by atoms with Crippen LogP contribution in [0.15, 0.2) is 36.7 Å². The Morgan fingerprint density at radius 3 is 2.96 bits per heavy atom. The number of hydrogen-bond donors (Lipinski definition) is 1. The van der Waals surface area contributed by atoms with Crippen LogP contribution in [0.5, 0.6) is 0 Å². The number of nitrogens with zero attached hydrogens (tertiary/aromatic N) is 3. The van der Waals surface area contributed by atoms with E-state index in [-0.39, 0.29) is 24.0 Å². The van der Waals surface area contributed by atoms with E-state index >= 15 is 0 Å². The van der Waals surface area contributed by atoms with E-state index in [4.69, 9.17) is 4.74 Å². The highest BCUT2D eigenvalue weighted by molar-refractivity contribution is 5.75. The smallest absolute Gasteiger partial charge is 0.318 e. The minimum atomic E-state index is -0.304. The van der Waals surface area contributed by atoms with Gasteiger partial charge in [0.25, 0.3) is 0 Å². The highest BCUT2D eigenvalue weighted by Crippen LogP contribution is 2.24. The van der Waals surface area contributed by atoms with Gasteiger partial charge in [-0.1, -0.05) is 12.1 Å². The first-order valence-electron chi connectivity index (χ1n) is 8.36. The molecule has 0 unspecified atom stereocenters. The van der Waals surface area contributed by atoms with Gasteiger partial charge in [0.15, 0.2) is 0 Å². The number of hydrogen-bond acceptors (Lipinski definition) is 3. The van der Waals surface area contributed by atoms with Crippen LogP contribution in [-0.2, 0) is 24.8 Å². The first-order chi connectivity index (χ1) is 12.1. The van der Waals surface area contributed by atoms with E-state index < -0.39 is 0 Å². The number of methoxy groups -OCH3 is 1. The Morgan fingerprint density at radius 2 is 2.28 bits per heavy atom. The van der Waals surface area contributed by atoms with Gasteiger partial charge in [0.05, 0.1) is 18.3 Å². The van der Waals surface area contributed by atoms with Crippen molar-refractivity contribution in [2.75, 3.05) is 13.7 Å². The summed E-state index contributed by atoms with van der Waals surface area (Å²) in [6, 6.07) is 6.05. The monoisotopic (exact) mass is 346 g/mol. The fourth-order valence-electron chi connectivity index (χ4n) is 3.34. The van der Waals surface area contributed by atoms with Crippen LogP contribution in [0.2, 0.25) is 0 Å². The van der Waals surface area contributed by atoms with Crippen molar-refractivity contribution >= 4 is 6.03 Å². The normalized spacial score (nSPS) is 20.0. The molecule has 134 valence electrons. The van der Waals surface area contributed by atoms with Crippen molar-refractivity contribution in [3.63, 3.8) is 0 Å². The molecule has 1 aromatic heterocycles. The number of benzene rings is 1. The van der Waals surface area contributed by atoms with Crippen molar-refractivity contribution in [2.45, 2.75) is 31.5 Å². The molecule has 0 saturated carbocycles. The number of nitrogens with one attached hydrogen (secondary N) is 1. The second-order valence-electron chi connectivity index (χ2n) is 6.34. The predicted octanol–water partition coefficient (Wildman–Crippen LogP) is 2.10. The lowest BCUT2D eigenvalue weighted by Crippen LogP contribution is -2.46. The van der Waals surface area contributed by atoms with Crippen molar-refractivity contribution in [1.29, 1.82) is 0 Å². The van der Waals surface area contributed by atoms with Gasteiger partial charge in [0, 0.05) is 33.4 Å². The molecular formula is C18H23FN4O2. The summed E-state index contributed by atoms with van der Waals surface area (Å²) in [4.78, 5) is 14.4. The number of amides is 2. The van der Waals surface area contributed by atoms with E-state index in [1.165, 1.54) is 12.1 Å². The molecule has 7 heteroatoms. The van der Waals surface area contributed by atoms with Crippen LogP contribution in [0, 0.1) is 5.82 Å². The van der Waals surface area contributed by atoms with Gasteiger partial charge in [-0.25, -0.2) is 9.18 Å². The molecule has 1 aliphatic rings. The molecule has 1 fully saturated rings. The van der Waals surface area contributed by atoms with Crippen molar-refractivity contribution < 1.29 is 13.9 Å². The first-order valence-corrected chi connectivity index (χ1v) is 8.36. The Morgan fingerprint density at radius 1 is 1.44 bits per heavy atom. The maximum atomic E-state index is 13.2. The summed E-state index contributed by atoms with van der Waals surface area (Å²) in [6.07, 6.45) is 5.26. The van der Waals surface area contributed by atoms with Crippen LogP contribution >= 0.6 is 0 Å². The van der Waals surface area contributed by atoms with Crippen LogP contribution in [0.1, 0.15) is 17.5 Å². The molecule has 2 amide bonds. The molecule has 3 rings (SSSR count). The molecule has 1 aromatic carbocycles. The van der Waals surface area contributed by atoms with E-state index in [0.717, 1.165) is 17.5 Å². The molecule has 6 nitrogen and oxygen atoms in total. The van der Waals surface area contributed by atoms with Crippen molar-refractivity contribution in [3.05, 3.63) is 53.6 Å². The van der Waals surface area contributed by atoms with Crippen LogP contribution < -0.4 is 5.32 Å². The Hall–Kier alpha value is -2.41. The molecule has 25 heavy (non-hydrogen) atoms. The summed E-state index contributed by atoms with van der Waals surface area (Å²) in [6.45, 7) is 0.933. The molecule has 0 aliphatic carbocycles. The number of aromatic nitrogens is 2. The number of halogens is 1. The average Bonchev–Trinajstić information content (AvgIpc) is 3.19. The summed E-state index contributed by atoms with van der Waals surface area (Å²) in [5.74, 6) is -0.304. The topological polar surface area (TPSA) is 59.4 Å². The van der Waals surface area contributed by atoms with Gasteiger partial charge in [-0.3, -0.25) is 4.68 Å². The number of rotatable bonds is 5. The number of ether oxygens (including phenoxy) is 1. The fraction of sp³-hybridized carbons (Fsp3) is 0.444. The lowest BCUT2D eigenvalue weighted by molar-refractivity contribution is 0.0724. The number of carbonyl (C=O) groups is 1.